The van der Waals surface area contributed by atoms with Gasteiger partial charge in [0.2, 0.25) is 0 Å². The maximum absolute atomic E-state index is 11.3. The average molecular weight is 241 g/mol. The summed E-state index contributed by atoms with van der Waals surface area (Å²) in [4.78, 5) is 0. The van der Waals surface area contributed by atoms with E-state index in [4.69, 9.17) is 11.5 Å². The van der Waals surface area contributed by atoms with Gasteiger partial charge in [-0.1, -0.05) is 0 Å². The topological polar surface area (TPSA) is 98.2 Å². The number of benzene rings is 1. The zero-order valence-corrected chi connectivity index (χ0v) is 9.63. The predicted molar refractivity (Wildman–Crippen MR) is 65.9 cm³/mol. The first-order chi connectivity index (χ1) is 7.46. The fourth-order valence-electron chi connectivity index (χ4n) is 1.81. The first kappa shape index (κ1) is 11.1. The first-order valence-electron chi connectivity index (χ1n) is 5.08. The van der Waals surface area contributed by atoms with Crippen LogP contribution in [0.25, 0.3) is 0 Å². The Hall–Kier alpha value is -1.43. The van der Waals surface area contributed by atoms with Crippen LogP contribution in [0.2, 0.25) is 0 Å². The maximum Gasteiger partial charge on any atom is 0.152 e. The van der Waals surface area contributed by atoms with Gasteiger partial charge >= 0.3 is 0 Å². The normalized spacial score (nSPS) is 23.1. The second-order valence-corrected chi connectivity index (χ2v) is 6.32. The minimum absolute atomic E-state index is 0.0203. The van der Waals surface area contributed by atoms with Crippen molar-refractivity contribution >= 4 is 26.9 Å². The van der Waals surface area contributed by atoms with Gasteiger partial charge in [0.05, 0.1) is 22.9 Å². The summed E-state index contributed by atoms with van der Waals surface area (Å²) in [7, 11) is -2.85. The fourth-order valence-corrected chi connectivity index (χ4v) is 3.48. The van der Waals surface area contributed by atoms with Gasteiger partial charge in [0.25, 0.3) is 0 Å². The van der Waals surface area contributed by atoms with E-state index in [1.54, 1.807) is 18.2 Å². The van der Waals surface area contributed by atoms with Crippen molar-refractivity contribution < 1.29 is 8.42 Å². The predicted octanol–water partition coefficient (Wildman–Crippen LogP) is 0.450. The van der Waals surface area contributed by atoms with Crippen LogP contribution in [0.5, 0.6) is 0 Å². The molecule has 0 radical (unpaired) electrons. The number of sulfone groups is 1. The molecule has 1 aliphatic rings. The molecular formula is C10H15N3O2S. The van der Waals surface area contributed by atoms with Crippen LogP contribution < -0.4 is 16.8 Å². The summed E-state index contributed by atoms with van der Waals surface area (Å²) in [6, 6.07) is 5.21. The zero-order chi connectivity index (χ0) is 11.8. The summed E-state index contributed by atoms with van der Waals surface area (Å²) in [6.45, 7) is 0. The summed E-state index contributed by atoms with van der Waals surface area (Å²) in [5.74, 6) is 0.451. The molecule has 5 nitrogen and oxygen atoms in total. The van der Waals surface area contributed by atoms with Crippen LogP contribution in [0, 0.1) is 0 Å². The van der Waals surface area contributed by atoms with E-state index in [2.05, 4.69) is 5.32 Å². The van der Waals surface area contributed by atoms with Crippen molar-refractivity contribution in [3.05, 3.63) is 18.2 Å². The van der Waals surface area contributed by atoms with Crippen LogP contribution in [0.15, 0.2) is 18.2 Å². The van der Waals surface area contributed by atoms with Crippen molar-refractivity contribution in [1.82, 2.24) is 0 Å². The number of rotatable bonds is 2. The van der Waals surface area contributed by atoms with E-state index in [-0.39, 0.29) is 17.5 Å². The molecule has 6 heteroatoms. The first-order valence-corrected chi connectivity index (χ1v) is 6.90. The Morgan fingerprint density at radius 1 is 1.25 bits per heavy atom. The fraction of sp³-hybridized carbons (Fsp3) is 0.400. The molecule has 1 aromatic rings. The monoisotopic (exact) mass is 241 g/mol. The van der Waals surface area contributed by atoms with Crippen molar-refractivity contribution in [1.29, 1.82) is 0 Å². The molecule has 1 aliphatic heterocycles. The van der Waals surface area contributed by atoms with Gasteiger partial charge in [0.15, 0.2) is 9.84 Å². The van der Waals surface area contributed by atoms with Gasteiger partial charge in [-0.2, -0.15) is 0 Å². The minimum atomic E-state index is -2.85. The molecule has 1 unspecified atom stereocenters. The third kappa shape index (κ3) is 2.38. The molecule has 2 rings (SSSR count). The van der Waals surface area contributed by atoms with E-state index >= 15 is 0 Å². The van der Waals surface area contributed by atoms with Crippen molar-refractivity contribution in [3.8, 4) is 0 Å². The number of nitrogens with two attached hydrogens (primary N) is 2. The summed E-state index contributed by atoms with van der Waals surface area (Å²) in [5, 5.41) is 3.15. The number of nitrogens with one attached hydrogen (secondary N) is 1. The third-order valence-electron chi connectivity index (χ3n) is 2.69. The molecule has 0 amide bonds. The summed E-state index contributed by atoms with van der Waals surface area (Å²) in [5.41, 5.74) is 13.1. The van der Waals surface area contributed by atoms with Gasteiger partial charge in [0.1, 0.15) is 0 Å². The molecule has 0 spiro atoms. The van der Waals surface area contributed by atoms with Gasteiger partial charge in [-0.05, 0) is 24.6 Å². The van der Waals surface area contributed by atoms with Crippen LogP contribution in [0.1, 0.15) is 6.42 Å². The number of anilines is 3. The van der Waals surface area contributed by atoms with Gasteiger partial charge in [-0.3, -0.25) is 0 Å². The average Bonchev–Trinajstić information content (AvgIpc) is 2.52. The zero-order valence-electron chi connectivity index (χ0n) is 8.81. The maximum atomic E-state index is 11.3. The van der Waals surface area contributed by atoms with Gasteiger partial charge in [0, 0.05) is 11.7 Å². The van der Waals surface area contributed by atoms with E-state index in [9.17, 15) is 8.42 Å². The van der Waals surface area contributed by atoms with Gasteiger partial charge in [-0.25, -0.2) is 8.42 Å². The lowest BCUT2D eigenvalue weighted by Crippen LogP contribution is -2.20. The molecule has 1 fully saturated rings. The molecular weight excluding hydrogens is 226 g/mol. The molecule has 0 aliphatic carbocycles. The van der Waals surface area contributed by atoms with Gasteiger partial charge in [-0.15, -0.1) is 0 Å². The third-order valence-corrected chi connectivity index (χ3v) is 4.46. The Labute approximate surface area is 94.7 Å². The highest BCUT2D eigenvalue weighted by molar-refractivity contribution is 7.91. The molecule has 1 saturated heterocycles. The van der Waals surface area contributed by atoms with Crippen molar-refractivity contribution in [2.75, 3.05) is 28.3 Å². The highest BCUT2D eigenvalue weighted by Gasteiger charge is 2.27. The molecule has 16 heavy (non-hydrogen) atoms. The van der Waals surface area contributed by atoms with E-state index in [0.29, 0.717) is 17.8 Å². The second-order valence-electron chi connectivity index (χ2n) is 4.09. The lowest BCUT2D eigenvalue weighted by molar-refractivity contribution is 0.602. The Kier molecular flexibility index (Phi) is 2.67. The summed E-state index contributed by atoms with van der Waals surface area (Å²) >= 11 is 0. The van der Waals surface area contributed by atoms with E-state index in [0.717, 1.165) is 5.69 Å². The smallest absolute Gasteiger partial charge is 0.152 e. The van der Waals surface area contributed by atoms with Crippen molar-refractivity contribution in [2.24, 2.45) is 0 Å². The largest absolute Gasteiger partial charge is 0.397 e. The molecule has 0 bridgehead atoms. The Bertz CT molecular complexity index is 499. The molecule has 1 atom stereocenters. The highest BCUT2D eigenvalue weighted by Crippen LogP contribution is 2.22. The lowest BCUT2D eigenvalue weighted by Gasteiger charge is -2.13. The minimum Gasteiger partial charge on any atom is -0.397 e. The SMILES string of the molecule is Nc1ccc(NC2CCS(=O)(=O)C2)cc1N. The Balaban J connectivity index is 2.08. The van der Waals surface area contributed by atoms with Gasteiger partial charge < -0.3 is 16.8 Å². The Morgan fingerprint density at radius 2 is 2.00 bits per heavy atom. The summed E-state index contributed by atoms with van der Waals surface area (Å²) in [6.07, 6.45) is 0.645. The van der Waals surface area contributed by atoms with Crippen LogP contribution in [0.3, 0.4) is 0 Å². The standard InChI is InChI=1S/C10H15N3O2S/c11-9-2-1-7(5-10(9)12)13-8-3-4-16(14,15)6-8/h1-2,5,8,13H,3-4,6,11-12H2. The Morgan fingerprint density at radius 3 is 2.56 bits per heavy atom. The van der Waals surface area contributed by atoms with E-state index in [1.807, 2.05) is 0 Å². The second kappa shape index (κ2) is 3.86. The van der Waals surface area contributed by atoms with Crippen LogP contribution in [-0.4, -0.2) is 26.0 Å². The molecule has 1 aromatic carbocycles. The van der Waals surface area contributed by atoms with Crippen LogP contribution >= 0.6 is 0 Å². The summed E-state index contributed by atoms with van der Waals surface area (Å²) < 4.78 is 22.5. The molecule has 88 valence electrons. The highest BCUT2D eigenvalue weighted by atomic mass is 32.2. The van der Waals surface area contributed by atoms with E-state index in [1.165, 1.54) is 0 Å². The number of nitrogen functional groups attached to an aromatic ring is 2. The van der Waals surface area contributed by atoms with Crippen LogP contribution in [-0.2, 0) is 9.84 Å². The van der Waals surface area contributed by atoms with E-state index < -0.39 is 9.84 Å². The molecule has 0 saturated carbocycles. The molecule has 0 aromatic heterocycles. The number of hydrogen-bond acceptors (Lipinski definition) is 5. The van der Waals surface area contributed by atoms with Crippen molar-refractivity contribution in [3.63, 3.8) is 0 Å². The quantitative estimate of drug-likeness (QED) is 0.653. The number of hydrogen-bond donors (Lipinski definition) is 3. The van der Waals surface area contributed by atoms with Crippen molar-refractivity contribution in [2.45, 2.75) is 12.5 Å². The lowest BCUT2D eigenvalue weighted by atomic mass is 10.2. The molecule has 5 N–H and O–H groups in total. The van der Waals surface area contributed by atoms with Crippen LogP contribution in [0.4, 0.5) is 17.1 Å². The molecule has 1 heterocycles.